The topological polar surface area (TPSA) is 112 Å². The number of nitrogens with one attached hydrogen (secondary N) is 3. The van der Waals surface area contributed by atoms with Gasteiger partial charge in [0.15, 0.2) is 0 Å². The largest absolute Gasteiger partial charge is 0.494 e. The van der Waals surface area contributed by atoms with Gasteiger partial charge in [-0.2, -0.15) is 0 Å². The molecule has 4 aromatic rings. The van der Waals surface area contributed by atoms with Crippen LogP contribution >= 0.6 is 0 Å². The van der Waals surface area contributed by atoms with Crippen molar-refractivity contribution in [1.82, 2.24) is 19.9 Å². The number of hydrogen-bond donors (Lipinski definition) is 4. The lowest BCUT2D eigenvalue weighted by molar-refractivity contribution is 0.340. The summed E-state index contributed by atoms with van der Waals surface area (Å²) in [5, 5.41) is 15.8. The van der Waals surface area contributed by atoms with Crippen LogP contribution < -0.4 is 21.3 Å². The number of aromatic amines is 2. The number of aromatic hydroxyl groups is 1. The molecule has 0 amide bonds. The number of hydrogen-bond acceptors (Lipinski definition) is 5. The zero-order chi connectivity index (χ0) is 23.1. The summed E-state index contributed by atoms with van der Waals surface area (Å²) in [5.74, 6) is 0.271. The van der Waals surface area contributed by atoms with Gasteiger partial charge in [-0.15, -0.1) is 0 Å². The second-order valence-corrected chi connectivity index (χ2v) is 8.23. The Labute approximate surface area is 189 Å². The molecular formula is C25H26N4O4. The van der Waals surface area contributed by atoms with Gasteiger partial charge in [0.25, 0.3) is 5.56 Å². The van der Waals surface area contributed by atoms with Crippen LogP contribution in [0, 0.1) is 0 Å². The number of fused-ring (bicyclic) bond motifs is 3. The second-order valence-electron chi connectivity index (χ2n) is 8.23. The van der Waals surface area contributed by atoms with Crippen LogP contribution in [-0.2, 0) is 6.42 Å². The molecule has 5 rings (SSSR count). The molecule has 0 spiro atoms. The zero-order valence-electron chi connectivity index (χ0n) is 18.5. The number of aromatic nitrogens is 3. The smallest absolute Gasteiger partial charge is 0.335 e. The number of para-hydroxylation sites is 1. The first-order valence-corrected chi connectivity index (χ1v) is 11.2. The maximum Gasteiger partial charge on any atom is 0.335 e. The second kappa shape index (κ2) is 8.29. The molecule has 2 aromatic heterocycles. The molecule has 0 radical (unpaired) electrons. The maximum absolute atomic E-state index is 13.0. The molecule has 33 heavy (non-hydrogen) atoms. The Morgan fingerprint density at radius 1 is 1.06 bits per heavy atom. The third kappa shape index (κ3) is 3.52. The van der Waals surface area contributed by atoms with E-state index in [1.807, 2.05) is 25.1 Å². The number of ether oxygens (including phenoxy) is 1. The van der Waals surface area contributed by atoms with E-state index in [9.17, 15) is 14.7 Å². The Morgan fingerprint density at radius 2 is 1.82 bits per heavy atom. The molecule has 8 nitrogen and oxygen atoms in total. The van der Waals surface area contributed by atoms with Crippen LogP contribution in [0.2, 0.25) is 0 Å². The fourth-order valence-electron chi connectivity index (χ4n) is 4.70. The molecule has 0 fully saturated rings. The standard InChI is InChI=1S/C25H26N4O4/c1-3-14-13-18-17-7-5-6-8-19(17)27-21(18)22(26-14)20-23(30)28-25(32)29(24(20)31)15-9-11-16(12-10-15)33-4-2/h5-12,14,22,26-27,31H,3-4,13H2,1-2H3,(H,28,30,32). The number of benzene rings is 2. The zero-order valence-corrected chi connectivity index (χ0v) is 18.5. The molecule has 0 saturated carbocycles. The molecule has 0 bridgehead atoms. The highest BCUT2D eigenvalue weighted by Gasteiger charge is 2.34. The van der Waals surface area contributed by atoms with Gasteiger partial charge in [-0.05, 0) is 55.7 Å². The molecule has 4 N–H and O–H groups in total. The Hall–Kier alpha value is -3.78. The fraction of sp³-hybridized carbons (Fsp3) is 0.280. The van der Waals surface area contributed by atoms with Crippen LogP contribution in [0.15, 0.2) is 58.1 Å². The highest BCUT2D eigenvalue weighted by Crippen LogP contribution is 2.37. The lowest BCUT2D eigenvalue weighted by atomic mass is 9.90. The van der Waals surface area contributed by atoms with Gasteiger partial charge in [0, 0.05) is 22.6 Å². The summed E-state index contributed by atoms with van der Waals surface area (Å²) in [5.41, 5.74) is 2.15. The first-order valence-electron chi connectivity index (χ1n) is 11.2. The van der Waals surface area contributed by atoms with E-state index in [-0.39, 0.29) is 17.5 Å². The Bertz CT molecular complexity index is 1430. The lowest BCUT2D eigenvalue weighted by Crippen LogP contribution is -2.43. The molecule has 2 unspecified atom stereocenters. The summed E-state index contributed by atoms with van der Waals surface area (Å²) in [7, 11) is 0. The van der Waals surface area contributed by atoms with Gasteiger partial charge in [-0.3, -0.25) is 9.78 Å². The molecule has 2 aromatic carbocycles. The van der Waals surface area contributed by atoms with Crippen LogP contribution in [-0.4, -0.2) is 32.3 Å². The summed E-state index contributed by atoms with van der Waals surface area (Å²) in [6, 6.07) is 14.3. The van der Waals surface area contributed by atoms with E-state index in [1.165, 1.54) is 0 Å². The number of H-pyrrole nitrogens is 2. The van der Waals surface area contributed by atoms with Crippen LogP contribution in [0.4, 0.5) is 0 Å². The molecule has 1 aliphatic rings. The minimum atomic E-state index is -0.704. The van der Waals surface area contributed by atoms with Crippen molar-refractivity contribution in [2.75, 3.05) is 6.61 Å². The Kier molecular flexibility index (Phi) is 5.30. The molecule has 3 heterocycles. The first kappa shape index (κ1) is 21.1. The monoisotopic (exact) mass is 446 g/mol. The van der Waals surface area contributed by atoms with Gasteiger partial charge in [0.2, 0.25) is 5.88 Å². The Morgan fingerprint density at radius 3 is 2.55 bits per heavy atom. The maximum atomic E-state index is 13.0. The third-order valence-corrected chi connectivity index (χ3v) is 6.30. The van der Waals surface area contributed by atoms with Crippen LogP contribution in [0.1, 0.15) is 43.1 Å². The summed E-state index contributed by atoms with van der Waals surface area (Å²) in [6.45, 7) is 4.49. The molecule has 170 valence electrons. The molecular weight excluding hydrogens is 420 g/mol. The van der Waals surface area contributed by atoms with Gasteiger partial charge in [-0.25, -0.2) is 9.36 Å². The highest BCUT2D eigenvalue weighted by atomic mass is 16.5. The van der Waals surface area contributed by atoms with Crippen molar-refractivity contribution in [2.45, 2.75) is 38.8 Å². The van der Waals surface area contributed by atoms with Crippen molar-refractivity contribution in [3.63, 3.8) is 0 Å². The number of rotatable bonds is 5. The lowest BCUT2D eigenvalue weighted by Gasteiger charge is -2.31. The van der Waals surface area contributed by atoms with Gasteiger partial charge in [0.1, 0.15) is 11.3 Å². The van der Waals surface area contributed by atoms with E-state index in [4.69, 9.17) is 4.74 Å². The average molecular weight is 447 g/mol. The van der Waals surface area contributed by atoms with E-state index in [0.29, 0.717) is 18.0 Å². The fourth-order valence-corrected chi connectivity index (χ4v) is 4.70. The number of nitrogens with zero attached hydrogens (tertiary/aromatic N) is 1. The van der Waals surface area contributed by atoms with Crippen molar-refractivity contribution < 1.29 is 9.84 Å². The first-order chi connectivity index (χ1) is 16.0. The molecule has 2 atom stereocenters. The molecule has 0 saturated heterocycles. The molecule has 8 heteroatoms. The normalized spacial score (nSPS) is 17.8. The SMILES string of the molecule is CCOc1ccc(-n2c(O)c(C3NC(CC)Cc4c3[nH]c3ccccc43)c(=O)[nH]c2=O)cc1. The molecule has 1 aliphatic heterocycles. The third-order valence-electron chi connectivity index (χ3n) is 6.30. The van der Waals surface area contributed by atoms with Crippen molar-refractivity contribution in [3.05, 3.63) is 86.2 Å². The van der Waals surface area contributed by atoms with E-state index in [1.54, 1.807) is 24.3 Å². The van der Waals surface area contributed by atoms with E-state index in [0.717, 1.165) is 39.6 Å². The summed E-state index contributed by atoms with van der Waals surface area (Å²) >= 11 is 0. The minimum Gasteiger partial charge on any atom is -0.494 e. The van der Waals surface area contributed by atoms with Gasteiger partial charge in [-0.1, -0.05) is 25.1 Å². The van der Waals surface area contributed by atoms with E-state index >= 15 is 0 Å². The predicted octanol–water partition coefficient (Wildman–Crippen LogP) is 3.13. The highest BCUT2D eigenvalue weighted by molar-refractivity contribution is 5.85. The predicted molar refractivity (Wildman–Crippen MR) is 127 cm³/mol. The quantitative estimate of drug-likeness (QED) is 0.376. The van der Waals surface area contributed by atoms with Crippen molar-refractivity contribution in [2.24, 2.45) is 0 Å². The van der Waals surface area contributed by atoms with Crippen LogP contribution in [0.5, 0.6) is 11.6 Å². The van der Waals surface area contributed by atoms with Crippen LogP contribution in [0.25, 0.3) is 16.6 Å². The van der Waals surface area contributed by atoms with Crippen molar-refractivity contribution in [1.29, 1.82) is 0 Å². The molecule has 0 aliphatic carbocycles. The summed E-state index contributed by atoms with van der Waals surface area (Å²) in [4.78, 5) is 31.5. The minimum absolute atomic E-state index is 0.106. The summed E-state index contributed by atoms with van der Waals surface area (Å²) in [6.07, 6.45) is 1.66. The van der Waals surface area contributed by atoms with Gasteiger partial charge >= 0.3 is 5.69 Å². The van der Waals surface area contributed by atoms with E-state index < -0.39 is 17.3 Å². The van der Waals surface area contributed by atoms with Gasteiger partial charge in [0.05, 0.1) is 18.3 Å². The Balaban J connectivity index is 1.69. The van der Waals surface area contributed by atoms with Crippen LogP contribution in [0.3, 0.4) is 0 Å². The summed E-state index contributed by atoms with van der Waals surface area (Å²) < 4.78 is 6.58. The van der Waals surface area contributed by atoms with Gasteiger partial charge < -0.3 is 20.1 Å². The van der Waals surface area contributed by atoms with E-state index in [2.05, 4.69) is 28.3 Å². The average Bonchev–Trinajstić information content (AvgIpc) is 3.19. The van der Waals surface area contributed by atoms with Crippen molar-refractivity contribution in [3.8, 4) is 17.3 Å². The van der Waals surface area contributed by atoms with Crippen molar-refractivity contribution >= 4 is 10.9 Å².